The van der Waals surface area contributed by atoms with Gasteiger partial charge in [0, 0.05) is 16.3 Å². The molecule has 1 amide bonds. The van der Waals surface area contributed by atoms with Crippen LogP contribution in [0.25, 0.3) is 16.6 Å². The van der Waals surface area contributed by atoms with Crippen molar-refractivity contribution in [3.63, 3.8) is 0 Å². The van der Waals surface area contributed by atoms with Gasteiger partial charge in [-0.05, 0) is 56.5 Å². The molecule has 1 fully saturated rings. The Morgan fingerprint density at radius 2 is 2.00 bits per heavy atom. The molecule has 1 aliphatic rings. The fraction of sp³-hybridized carbons (Fsp3) is 0.280. The van der Waals surface area contributed by atoms with Crippen molar-refractivity contribution in [1.82, 2.24) is 19.6 Å². The molecule has 0 aliphatic heterocycles. The van der Waals surface area contributed by atoms with Gasteiger partial charge in [-0.25, -0.2) is 9.36 Å². The van der Waals surface area contributed by atoms with Gasteiger partial charge in [0.15, 0.2) is 0 Å². The van der Waals surface area contributed by atoms with E-state index in [1.807, 2.05) is 26.0 Å². The van der Waals surface area contributed by atoms with E-state index in [-0.39, 0.29) is 18.0 Å². The molecule has 1 N–H and O–H groups in total. The highest BCUT2D eigenvalue weighted by molar-refractivity contribution is 6.31. The number of halogens is 1. The molecule has 0 saturated heterocycles. The molecule has 2 heterocycles. The Morgan fingerprint density at radius 1 is 1.21 bits per heavy atom. The van der Waals surface area contributed by atoms with Crippen LogP contribution in [-0.4, -0.2) is 32.6 Å². The number of aromatic nitrogens is 4. The Morgan fingerprint density at radius 3 is 2.71 bits per heavy atom. The smallest absolute Gasteiger partial charge is 0.293 e. The van der Waals surface area contributed by atoms with E-state index in [9.17, 15) is 9.59 Å². The molecule has 174 valence electrons. The molecular formula is C25H24ClN5O3. The third-order valence-electron chi connectivity index (χ3n) is 5.98. The van der Waals surface area contributed by atoms with Crippen LogP contribution in [0.2, 0.25) is 5.02 Å². The first kappa shape index (κ1) is 22.2. The van der Waals surface area contributed by atoms with Crippen LogP contribution in [0.5, 0.6) is 5.75 Å². The van der Waals surface area contributed by atoms with Gasteiger partial charge in [0.05, 0.1) is 30.4 Å². The number of hydrogen-bond acceptors (Lipinski definition) is 5. The molecule has 2 aromatic heterocycles. The number of methoxy groups -OCH3 is 1. The maximum Gasteiger partial charge on any atom is 0.293 e. The Labute approximate surface area is 201 Å². The first-order valence-electron chi connectivity index (χ1n) is 11.1. The summed E-state index contributed by atoms with van der Waals surface area (Å²) in [5.41, 5.74) is 4.25. The number of ether oxygens (including phenoxy) is 1. The van der Waals surface area contributed by atoms with Crippen molar-refractivity contribution in [3.05, 3.63) is 74.8 Å². The van der Waals surface area contributed by atoms with Gasteiger partial charge in [0.25, 0.3) is 5.56 Å². The normalized spacial score (nSPS) is 13.3. The summed E-state index contributed by atoms with van der Waals surface area (Å²) in [6, 6.07) is 10.9. The molecule has 0 spiro atoms. The van der Waals surface area contributed by atoms with Crippen LogP contribution in [0.3, 0.4) is 0 Å². The summed E-state index contributed by atoms with van der Waals surface area (Å²) in [4.78, 5) is 26.4. The third kappa shape index (κ3) is 4.05. The Kier molecular flexibility index (Phi) is 5.61. The van der Waals surface area contributed by atoms with Crippen LogP contribution in [0.4, 0.5) is 5.69 Å². The average molecular weight is 478 g/mol. The number of rotatable bonds is 6. The van der Waals surface area contributed by atoms with Crippen molar-refractivity contribution >= 4 is 34.1 Å². The fourth-order valence-corrected chi connectivity index (χ4v) is 4.36. The molecule has 1 aliphatic carbocycles. The van der Waals surface area contributed by atoms with Gasteiger partial charge in [-0.3, -0.25) is 9.59 Å². The van der Waals surface area contributed by atoms with Crippen LogP contribution in [0, 0.1) is 13.8 Å². The monoisotopic (exact) mass is 477 g/mol. The standard InChI is InChI=1S/C25H24ClN5O3/c1-14-4-8-20(15(2)10-14)31-24-18(12-27-31)23(16-5-6-16)29-30(25(24)33)13-22(32)28-19-11-17(26)7-9-21(19)34-3/h4,7-12,16H,5-6,13H2,1-3H3,(H,28,32). The Bertz CT molecular complexity index is 1490. The van der Waals surface area contributed by atoms with Crippen molar-refractivity contribution < 1.29 is 9.53 Å². The second kappa shape index (κ2) is 8.61. The molecule has 0 radical (unpaired) electrons. The molecular weight excluding hydrogens is 454 g/mol. The average Bonchev–Trinajstić information content (AvgIpc) is 3.54. The van der Waals surface area contributed by atoms with E-state index in [2.05, 4.69) is 21.6 Å². The van der Waals surface area contributed by atoms with Gasteiger partial charge in [-0.15, -0.1) is 0 Å². The molecule has 0 bridgehead atoms. The van der Waals surface area contributed by atoms with E-state index in [0.717, 1.165) is 40.7 Å². The summed E-state index contributed by atoms with van der Waals surface area (Å²) in [7, 11) is 1.51. The lowest BCUT2D eigenvalue weighted by Gasteiger charge is -2.13. The van der Waals surface area contributed by atoms with E-state index >= 15 is 0 Å². The number of nitrogens with zero attached hydrogens (tertiary/aromatic N) is 4. The first-order valence-corrected chi connectivity index (χ1v) is 11.4. The quantitative estimate of drug-likeness (QED) is 0.445. The van der Waals surface area contributed by atoms with Crippen LogP contribution >= 0.6 is 11.6 Å². The van der Waals surface area contributed by atoms with Crippen LogP contribution < -0.4 is 15.6 Å². The second-order valence-electron chi connectivity index (χ2n) is 8.62. The van der Waals surface area contributed by atoms with Crippen LogP contribution in [-0.2, 0) is 11.3 Å². The summed E-state index contributed by atoms with van der Waals surface area (Å²) >= 11 is 6.07. The number of anilines is 1. The predicted molar refractivity (Wildman–Crippen MR) is 131 cm³/mol. The van der Waals surface area contributed by atoms with E-state index in [0.29, 0.717) is 22.0 Å². The lowest BCUT2D eigenvalue weighted by Crippen LogP contribution is -2.31. The number of fused-ring (bicyclic) bond motifs is 1. The molecule has 0 unspecified atom stereocenters. The van der Waals surface area contributed by atoms with E-state index in [4.69, 9.17) is 16.3 Å². The van der Waals surface area contributed by atoms with Crippen molar-refractivity contribution in [2.24, 2.45) is 0 Å². The summed E-state index contributed by atoms with van der Waals surface area (Å²) in [5.74, 6) is 0.330. The largest absolute Gasteiger partial charge is 0.495 e. The lowest BCUT2D eigenvalue weighted by atomic mass is 10.1. The van der Waals surface area contributed by atoms with Crippen molar-refractivity contribution in [2.75, 3.05) is 12.4 Å². The highest BCUT2D eigenvalue weighted by Crippen LogP contribution is 2.41. The first-order chi connectivity index (χ1) is 16.4. The molecule has 9 heteroatoms. The summed E-state index contributed by atoms with van der Waals surface area (Å²) in [5, 5.41) is 13.1. The molecule has 1 saturated carbocycles. The number of carbonyl (C=O) groups excluding carboxylic acids is 1. The minimum absolute atomic E-state index is 0.248. The van der Waals surface area contributed by atoms with E-state index in [1.54, 1.807) is 29.1 Å². The van der Waals surface area contributed by atoms with E-state index < -0.39 is 5.91 Å². The molecule has 4 aromatic rings. The van der Waals surface area contributed by atoms with Gasteiger partial charge in [-0.2, -0.15) is 10.2 Å². The Hall–Kier alpha value is -3.65. The van der Waals surface area contributed by atoms with Gasteiger partial charge in [0.2, 0.25) is 5.91 Å². The number of amides is 1. The number of nitrogens with one attached hydrogen (secondary N) is 1. The third-order valence-corrected chi connectivity index (χ3v) is 6.22. The minimum Gasteiger partial charge on any atom is -0.495 e. The summed E-state index contributed by atoms with van der Waals surface area (Å²) in [6.07, 6.45) is 3.71. The van der Waals surface area contributed by atoms with Gasteiger partial charge >= 0.3 is 0 Å². The number of hydrogen-bond donors (Lipinski definition) is 1. The summed E-state index contributed by atoms with van der Waals surface area (Å²) < 4.78 is 8.18. The number of aryl methyl sites for hydroxylation is 2. The van der Waals surface area contributed by atoms with Crippen molar-refractivity contribution in [2.45, 2.75) is 39.2 Å². The van der Waals surface area contributed by atoms with Crippen LogP contribution in [0.1, 0.15) is 35.6 Å². The lowest BCUT2D eigenvalue weighted by molar-refractivity contribution is -0.117. The zero-order valence-electron chi connectivity index (χ0n) is 19.1. The second-order valence-corrected chi connectivity index (χ2v) is 9.06. The predicted octanol–water partition coefficient (Wildman–Crippen LogP) is 4.38. The van der Waals surface area contributed by atoms with Gasteiger partial charge in [0.1, 0.15) is 17.8 Å². The van der Waals surface area contributed by atoms with Crippen molar-refractivity contribution in [1.29, 1.82) is 0 Å². The molecule has 5 rings (SSSR count). The van der Waals surface area contributed by atoms with Crippen LogP contribution in [0.15, 0.2) is 47.4 Å². The van der Waals surface area contributed by atoms with Gasteiger partial charge in [-0.1, -0.05) is 29.3 Å². The zero-order valence-corrected chi connectivity index (χ0v) is 19.9. The fourth-order valence-electron chi connectivity index (χ4n) is 4.19. The topological polar surface area (TPSA) is 91.0 Å². The Balaban J connectivity index is 1.57. The molecule has 34 heavy (non-hydrogen) atoms. The van der Waals surface area contributed by atoms with E-state index in [1.165, 1.54) is 11.8 Å². The molecule has 8 nitrogen and oxygen atoms in total. The highest BCUT2D eigenvalue weighted by Gasteiger charge is 2.30. The molecule has 0 atom stereocenters. The number of benzene rings is 2. The maximum absolute atomic E-state index is 13.5. The zero-order chi connectivity index (χ0) is 24.0. The number of carbonyl (C=O) groups is 1. The minimum atomic E-state index is -0.408. The van der Waals surface area contributed by atoms with Crippen molar-refractivity contribution in [3.8, 4) is 11.4 Å². The highest BCUT2D eigenvalue weighted by atomic mass is 35.5. The summed E-state index contributed by atoms with van der Waals surface area (Å²) in [6.45, 7) is 3.76. The SMILES string of the molecule is COc1ccc(Cl)cc1NC(=O)Cn1nc(C2CC2)c2cnn(-c3ccc(C)cc3C)c2c1=O. The molecule has 2 aromatic carbocycles. The van der Waals surface area contributed by atoms with Gasteiger partial charge < -0.3 is 10.1 Å². The maximum atomic E-state index is 13.5.